The molecule has 5 rings (SSSR count). The van der Waals surface area contributed by atoms with Crippen LogP contribution in [-0.4, -0.2) is 156 Å². The number of aliphatic carboxylic acids is 1. The summed E-state index contributed by atoms with van der Waals surface area (Å²) in [5.41, 5.74) is 1.27. The van der Waals surface area contributed by atoms with Crippen LogP contribution < -0.4 is 5.32 Å². The van der Waals surface area contributed by atoms with Crippen LogP contribution in [0.2, 0.25) is 0 Å². The number of aliphatic hydroxyl groups excluding tert-OH is 2. The highest BCUT2D eigenvalue weighted by atomic mass is 16.6. The molecule has 0 spiro atoms. The smallest absolute Gasteiger partial charge is 0.329 e. The summed E-state index contributed by atoms with van der Waals surface area (Å²) in [4.78, 5) is 81.9. The minimum absolute atomic E-state index is 0.0193. The molecule has 1 unspecified atom stereocenters. The topological polar surface area (TPSA) is 245 Å². The van der Waals surface area contributed by atoms with Crippen molar-refractivity contribution < 1.29 is 72.9 Å². The van der Waals surface area contributed by atoms with Crippen LogP contribution in [0.5, 0.6) is 0 Å². The molecule has 0 aromatic carbocycles. The van der Waals surface area contributed by atoms with Gasteiger partial charge in [-0.3, -0.25) is 24.0 Å². The SMILES string of the molecule is CO[C@H]1C[C@@H]2CC[C@@H](C)[C@@](O)(O2)C(=O)C(=O)N2CCCC[C@H]2C(=O)O[C@H]([C@H](C)C[C@@H]2CC[C@@H](O)[C@H](OC)C2)CC(=O)[C@H](C)/C=C(\C)[C@@H](O)[C@@H](OC)C(=O)[C@H](C)C[C@H](C)/C=C/C=CC=C1C.O=C(O)C1CCCN1. The van der Waals surface area contributed by atoms with Crippen molar-refractivity contribution in [3.63, 3.8) is 0 Å². The van der Waals surface area contributed by atoms with Gasteiger partial charge in [0.15, 0.2) is 5.78 Å². The largest absolute Gasteiger partial charge is 0.480 e. The Hall–Kier alpha value is -3.94. The number of aliphatic hydroxyl groups is 3. The lowest BCUT2D eigenvalue weighted by atomic mass is 9.78. The van der Waals surface area contributed by atoms with Crippen LogP contribution in [0.4, 0.5) is 0 Å². The average Bonchev–Trinajstić information content (AvgIpc) is 3.92. The second-order valence-electron chi connectivity index (χ2n) is 21.6. The zero-order valence-electron chi connectivity index (χ0n) is 45.2. The van der Waals surface area contributed by atoms with E-state index in [9.17, 15) is 44.1 Å². The molecule has 1 aliphatic carbocycles. The van der Waals surface area contributed by atoms with Crippen molar-refractivity contribution in [2.45, 2.75) is 199 Å². The number of ketones is 3. The molecule has 0 aromatic rings. The molecule has 2 bridgehead atoms. The zero-order valence-corrected chi connectivity index (χ0v) is 45.2. The maximum Gasteiger partial charge on any atom is 0.329 e. The van der Waals surface area contributed by atoms with Gasteiger partial charge in [-0.25, -0.2) is 4.79 Å². The van der Waals surface area contributed by atoms with Gasteiger partial charge in [0, 0.05) is 58.5 Å². The number of Topliss-reactive ketones (excluding diaryl/α,β-unsaturated/α-hetero) is 3. The van der Waals surface area contributed by atoms with E-state index in [4.69, 9.17) is 28.8 Å². The second-order valence-corrected chi connectivity index (χ2v) is 21.6. The van der Waals surface area contributed by atoms with Crippen LogP contribution >= 0.6 is 0 Å². The van der Waals surface area contributed by atoms with Gasteiger partial charge in [0.25, 0.3) is 11.7 Å². The molecule has 73 heavy (non-hydrogen) atoms. The van der Waals surface area contributed by atoms with Gasteiger partial charge in [-0.2, -0.15) is 0 Å². The van der Waals surface area contributed by atoms with Crippen LogP contribution in [0.1, 0.15) is 138 Å². The van der Waals surface area contributed by atoms with E-state index >= 15 is 0 Å². The first kappa shape index (κ1) is 61.6. The van der Waals surface area contributed by atoms with Crippen molar-refractivity contribution in [3.8, 4) is 0 Å². The highest BCUT2D eigenvalue weighted by Gasteiger charge is 2.53. The van der Waals surface area contributed by atoms with E-state index in [0.717, 1.165) is 31.4 Å². The van der Waals surface area contributed by atoms with Crippen LogP contribution in [0.25, 0.3) is 0 Å². The van der Waals surface area contributed by atoms with Gasteiger partial charge >= 0.3 is 11.9 Å². The van der Waals surface area contributed by atoms with Crippen LogP contribution in [0, 0.1) is 35.5 Å². The number of nitrogens with one attached hydrogen (secondary N) is 1. The number of cyclic esters (lactones) is 1. The summed E-state index contributed by atoms with van der Waals surface area (Å²) in [7, 11) is 4.52. The van der Waals surface area contributed by atoms with Gasteiger partial charge in [-0.05, 0) is 126 Å². The second kappa shape index (κ2) is 29.4. The number of hydrogen-bond acceptors (Lipinski definition) is 15. The van der Waals surface area contributed by atoms with Crippen molar-refractivity contribution in [1.82, 2.24) is 10.2 Å². The zero-order chi connectivity index (χ0) is 54.2. The Bertz CT molecular complexity index is 1980. The molecule has 0 aromatic heterocycles. The number of carboxylic acids is 1. The van der Waals surface area contributed by atoms with Gasteiger partial charge in [0.2, 0.25) is 5.79 Å². The third kappa shape index (κ3) is 17.3. The molecule has 0 radical (unpaired) electrons. The fraction of sp³-hybridized carbons (Fsp3) is 0.750. The number of fused-ring (bicyclic) bond motifs is 3. The lowest BCUT2D eigenvalue weighted by Gasteiger charge is -2.42. The van der Waals surface area contributed by atoms with Gasteiger partial charge in [0.1, 0.15) is 36.2 Å². The monoisotopic (exact) mass is 1030 g/mol. The summed E-state index contributed by atoms with van der Waals surface area (Å²) in [6.45, 7) is 13.6. The number of methoxy groups -OCH3 is 3. The molecular formula is C56H88N2O15. The summed E-state index contributed by atoms with van der Waals surface area (Å²) in [6.07, 6.45) is 13.0. The maximum atomic E-state index is 14.4. The number of carbonyl (C=O) groups excluding carboxylic acids is 5. The summed E-state index contributed by atoms with van der Waals surface area (Å²) in [6, 6.07) is -1.41. The molecule has 4 heterocycles. The fourth-order valence-electron chi connectivity index (χ4n) is 11.0. The number of amides is 1. The predicted molar refractivity (Wildman–Crippen MR) is 274 cm³/mol. The standard InChI is InChI=1S/C51H79NO13.C5H9NO2/c1-30-16-12-11-13-17-31(2)42(61-8)28-38-21-19-36(7)51(60,65-38)48(57)49(58)52-23-15-14-18-39(52)50(59)64-43(33(4)26-37-20-22-40(53)44(27-37)62-9)29-41(54)32(3)25-35(6)46(56)47(63-10)45(55)34(5)24-30;7-5(8)4-2-1-3-6-4/h11-13,16-17,25,30,32-34,36-40,42-44,46-47,53,56,60H,14-15,18-24,26-29H2,1-10H3;4,6H,1-3H2,(H,7,8)/b13-11?,16-12+,31-17?,35-25+;/t30-,32-,33-,34-,36-,37+,38+,39+,40-,42+,43+,44-,46-,47+,51-;/m1./s1. The van der Waals surface area contributed by atoms with Gasteiger partial charge in [0.05, 0.1) is 24.4 Å². The normalized spacial score (nSPS) is 37.9. The molecule has 16 atom stereocenters. The number of nitrogens with zero attached hydrogens (tertiary/aromatic N) is 1. The number of esters is 1. The van der Waals surface area contributed by atoms with Crippen LogP contribution in [-0.2, 0) is 52.5 Å². The van der Waals surface area contributed by atoms with E-state index in [1.807, 2.05) is 58.1 Å². The van der Waals surface area contributed by atoms with E-state index in [0.29, 0.717) is 63.4 Å². The van der Waals surface area contributed by atoms with Gasteiger partial charge < -0.3 is 54.3 Å². The number of hydrogen-bond donors (Lipinski definition) is 5. The first-order valence-electron chi connectivity index (χ1n) is 26.7. The van der Waals surface area contributed by atoms with E-state index in [-0.39, 0.29) is 60.9 Å². The lowest BCUT2D eigenvalue weighted by molar-refractivity contribution is -0.265. The molecule has 17 nitrogen and oxygen atoms in total. The molecule has 3 saturated heterocycles. The quantitative estimate of drug-likeness (QED) is 0.111. The highest BCUT2D eigenvalue weighted by Crippen LogP contribution is 2.38. The van der Waals surface area contributed by atoms with Crippen molar-refractivity contribution in [2.75, 3.05) is 34.4 Å². The molecule has 17 heteroatoms. The average molecular weight is 1030 g/mol. The summed E-state index contributed by atoms with van der Waals surface area (Å²) in [5.74, 6) is -8.68. The summed E-state index contributed by atoms with van der Waals surface area (Å²) in [5, 5.41) is 45.0. The molecule has 5 aliphatic rings. The molecule has 5 N–H and O–H groups in total. The third-order valence-corrected chi connectivity index (χ3v) is 15.8. The summed E-state index contributed by atoms with van der Waals surface area (Å²) < 4.78 is 29.4. The number of carbonyl (C=O) groups is 6. The van der Waals surface area contributed by atoms with Crippen LogP contribution in [0.15, 0.2) is 47.6 Å². The van der Waals surface area contributed by atoms with Crippen molar-refractivity contribution in [3.05, 3.63) is 47.6 Å². The Balaban J connectivity index is 0.00000131. The van der Waals surface area contributed by atoms with Crippen molar-refractivity contribution in [2.24, 2.45) is 35.5 Å². The van der Waals surface area contributed by atoms with Gasteiger partial charge in [-0.1, -0.05) is 71.1 Å². The van der Waals surface area contributed by atoms with Crippen LogP contribution in [0.3, 0.4) is 0 Å². The number of allylic oxidation sites excluding steroid dienone is 6. The minimum atomic E-state index is -2.43. The molecule has 1 saturated carbocycles. The Kier molecular flexibility index (Phi) is 24.8. The molecular weight excluding hydrogens is 941 g/mol. The number of ether oxygens (including phenoxy) is 5. The number of piperidine rings is 1. The van der Waals surface area contributed by atoms with E-state index in [2.05, 4.69) is 5.32 Å². The lowest BCUT2D eigenvalue weighted by Crippen LogP contribution is -2.61. The predicted octanol–water partition coefficient (Wildman–Crippen LogP) is 6.00. The van der Waals surface area contributed by atoms with E-state index in [1.165, 1.54) is 12.0 Å². The molecule has 4 fully saturated rings. The van der Waals surface area contributed by atoms with Crippen molar-refractivity contribution in [1.29, 1.82) is 0 Å². The third-order valence-electron chi connectivity index (χ3n) is 15.8. The Morgan fingerprint density at radius 3 is 2.22 bits per heavy atom. The Morgan fingerprint density at radius 1 is 0.863 bits per heavy atom. The first-order valence-corrected chi connectivity index (χ1v) is 26.7. The molecule has 1 amide bonds. The van der Waals surface area contributed by atoms with E-state index < -0.39 is 89.8 Å². The number of carboxylic acid groups (broad SMARTS) is 1. The maximum absolute atomic E-state index is 14.4. The Labute approximate surface area is 433 Å². The van der Waals surface area contributed by atoms with E-state index in [1.54, 1.807) is 41.1 Å². The first-order chi connectivity index (χ1) is 34.6. The number of rotatable bonds is 7. The fourth-order valence-corrected chi connectivity index (χ4v) is 11.0. The Morgan fingerprint density at radius 2 is 1.59 bits per heavy atom. The van der Waals surface area contributed by atoms with Gasteiger partial charge in [-0.15, -0.1) is 0 Å². The highest BCUT2D eigenvalue weighted by molar-refractivity contribution is 6.39. The molecule has 4 aliphatic heterocycles. The molecule has 412 valence electrons. The van der Waals surface area contributed by atoms with Crippen molar-refractivity contribution >= 4 is 35.2 Å². The minimum Gasteiger partial charge on any atom is -0.480 e. The summed E-state index contributed by atoms with van der Waals surface area (Å²) >= 11 is 0.